The lowest BCUT2D eigenvalue weighted by Crippen LogP contribution is -2.33. The Hall–Kier alpha value is -1.68. The van der Waals surface area contributed by atoms with Gasteiger partial charge < -0.3 is 4.42 Å². The maximum Gasteiger partial charge on any atom is 0.117 e. The molecule has 1 atom stereocenters. The molecule has 0 aliphatic carbocycles. The Morgan fingerprint density at radius 2 is 2.33 bits per heavy atom. The van der Waals surface area contributed by atoms with Crippen molar-refractivity contribution in [1.82, 2.24) is 14.9 Å². The van der Waals surface area contributed by atoms with Crippen LogP contribution in [0.1, 0.15) is 36.8 Å². The molecule has 0 spiro atoms. The van der Waals surface area contributed by atoms with Crippen molar-refractivity contribution in [3.8, 4) is 0 Å². The molecule has 18 heavy (non-hydrogen) atoms. The van der Waals surface area contributed by atoms with Crippen molar-refractivity contribution in [2.24, 2.45) is 0 Å². The third kappa shape index (κ3) is 2.43. The summed E-state index contributed by atoms with van der Waals surface area (Å²) in [6.45, 7) is 1.97. The number of hydrogen-bond donors (Lipinski definition) is 0. The summed E-state index contributed by atoms with van der Waals surface area (Å²) in [6.07, 6.45) is 8.87. The summed E-state index contributed by atoms with van der Waals surface area (Å²) in [5.74, 6) is 1.02. The van der Waals surface area contributed by atoms with Crippen molar-refractivity contribution >= 4 is 0 Å². The lowest BCUT2D eigenvalue weighted by Gasteiger charge is -2.34. The number of piperidine rings is 1. The zero-order valence-corrected chi connectivity index (χ0v) is 10.3. The van der Waals surface area contributed by atoms with E-state index in [2.05, 4.69) is 14.9 Å². The number of aromatic nitrogens is 2. The van der Waals surface area contributed by atoms with Crippen molar-refractivity contribution in [2.75, 3.05) is 6.54 Å². The second-order valence-electron chi connectivity index (χ2n) is 4.70. The second kappa shape index (κ2) is 5.31. The minimum absolute atomic E-state index is 0.395. The zero-order chi connectivity index (χ0) is 12.2. The quantitative estimate of drug-likeness (QED) is 0.831. The molecule has 2 aromatic heterocycles. The van der Waals surface area contributed by atoms with Gasteiger partial charge >= 0.3 is 0 Å². The summed E-state index contributed by atoms with van der Waals surface area (Å²) in [4.78, 5) is 10.8. The van der Waals surface area contributed by atoms with Crippen molar-refractivity contribution in [3.63, 3.8) is 0 Å². The van der Waals surface area contributed by atoms with Crippen LogP contribution in [-0.2, 0) is 6.54 Å². The third-order valence-corrected chi connectivity index (χ3v) is 3.50. The first-order chi connectivity index (χ1) is 8.93. The highest BCUT2D eigenvalue weighted by atomic mass is 16.3. The molecule has 4 nitrogen and oxygen atoms in total. The number of hydrogen-bond acceptors (Lipinski definition) is 4. The Bertz CT molecular complexity index is 469. The zero-order valence-electron chi connectivity index (χ0n) is 10.3. The van der Waals surface area contributed by atoms with E-state index < -0.39 is 0 Å². The van der Waals surface area contributed by atoms with Crippen LogP contribution in [0, 0.1) is 0 Å². The molecule has 3 rings (SSSR count). The van der Waals surface area contributed by atoms with Gasteiger partial charge in [-0.15, -0.1) is 0 Å². The van der Waals surface area contributed by atoms with Crippen molar-refractivity contribution in [3.05, 3.63) is 48.4 Å². The highest BCUT2D eigenvalue weighted by Gasteiger charge is 2.25. The van der Waals surface area contributed by atoms with E-state index in [4.69, 9.17) is 4.42 Å². The fraction of sp³-hybridized carbons (Fsp3) is 0.429. The molecule has 0 bridgehead atoms. The van der Waals surface area contributed by atoms with Crippen molar-refractivity contribution in [2.45, 2.75) is 31.8 Å². The van der Waals surface area contributed by atoms with E-state index in [0.717, 1.165) is 31.0 Å². The average Bonchev–Trinajstić information content (AvgIpc) is 2.93. The van der Waals surface area contributed by atoms with Gasteiger partial charge in [-0.3, -0.25) is 4.90 Å². The Kier molecular flexibility index (Phi) is 3.37. The first-order valence-electron chi connectivity index (χ1n) is 6.46. The SMILES string of the molecule is c1coc(CN2CCCC[C@H]2c2ccncn2)c1. The van der Waals surface area contributed by atoms with Crippen LogP contribution >= 0.6 is 0 Å². The molecule has 1 fully saturated rings. The smallest absolute Gasteiger partial charge is 0.117 e. The summed E-state index contributed by atoms with van der Waals surface area (Å²) in [5, 5.41) is 0. The maximum absolute atomic E-state index is 5.45. The highest BCUT2D eigenvalue weighted by Crippen LogP contribution is 2.30. The average molecular weight is 243 g/mol. The first-order valence-corrected chi connectivity index (χ1v) is 6.46. The Labute approximate surface area is 107 Å². The van der Waals surface area contributed by atoms with Gasteiger partial charge in [0, 0.05) is 6.20 Å². The van der Waals surface area contributed by atoms with E-state index in [-0.39, 0.29) is 0 Å². The van der Waals surface area contributed by atoms with Crippen LogP contribution in [0.4, 0.5) is 0 Å². The third-order valence-electron chi connectivity index (χ3n) is 3.50. The van der Waals surface area contributed by atoms with Crippen LogP contribution in [0.25, 0.3) is 0 Å². The van der Waals surface area contributed by atoms with Gasteiger partial charge in [-0.2, -0.15) is 0 Å². The lowest BCUT2D eigenvalue weighted by atomic mass is 9.99. The Balaban J connectivity index is 1.78. The minimum atomic E-state index is 0.395. The normalized spacial score (nSPS) is 21.0. The standard InChI is InChI=1S/C14H17N3O/c1-2-8-17(10-12-4-3-9-18-12)14(5-1)13-6-7-15-11-16-13/h3-4,6-7,9,11,14H,1-2,5,8,10H2/t14-/m0/s1. The molecular formula is C14H17N3O. The molecule has 0 radical (unpaired) electrons. The van der Waals surface area contributed by atoms with Crippen molar-refractivity contribution < 1.29 is 4.42 Å². The van der Waals surface area contributed by atoms with E-state index in [1.165, 1.54) is 12.8 Å². The number of likely N-dealkylation sites (tertiary alicyclic amines) is 1. The molecule has 0 N–H and O–H groups in total. The van der Waals surface area contributed by atoms with Gasteiger partial charge in [0.05, 0.1) is 24.5 Å². The van der Waals surface area contributed by atoms with E-state index in [0.29, 0.717) is 6.04 Å². The van der Waals surface area contributed by atoms with E-state index in [9.17, 15) is 0 Å². The summed E-state index contributed by atoms with van der Waals surface area (Å²) in [6, 6.07) is 6.39. The summed E-state index contributed by atoms with van der Waals surface area (Å²) < 4.78 is 5.45. The van der Waals surface area contributed by atoms with E-state index in [1.54, 1.807) is 12.6 Å². The Morgan fingerprint density at radius 1 is 1.33 bits per heavy atom. The second-order valence-corrected chi connectivity index (χ2v) is 4.70. The molecule has 1 aliphatic heterocycles. The van der Waals surface area contributed by atoms with Gasteiger partial charge in [-0.1, -0.05) is 6.42 Å². The van der Waals surface area contributed by atoms with E-state index >= 15 is 0 Å². The maximum atomic E-state index is 5.45. The van der Waals surface area contributed by atoms with Crippen molar-refractivity contribution in [1.29, 1.82) is 0 Å². The van der Waals surface area contributed by atoms with Crippen LogP contribution in [0.15, 0.2) is 41.4 Å². The minimum Gasteiger partial charge on any atom is -0.468 e. The van der Waals surface area contributed by atoms with Gasteiger partial charge in [-0.05, 0) is 37.6 Å². The van der Waals surface area contributed by atoms with Crippen LogP contribution in [0.5, 0.6) is 0 Å². The number of furan rings is 1. The van der Waals surface area contributed by atoms with Gasteiger partial charge in [0.15, 0.2) is 0 Å². The first kappa shape index (κ1) is 11.4. The number of nitrogens with zero attached hydrogens (tertiary/aromatic N) is 3. The highest BCUT2D eigenvalue weighted by molar-refractivity contribution is 5.07. The molecule has 3 heterocycles. The molecule has 0 saturated carbocycles. The molecular weight excluding hydrogens is 226 g/mol. The van der Waals surface area contributed by atoms with Gasteiger partial charge in [0.1, 0.15) is 12.1 Å². The topological polar surface area (TPSA) is 42.2 Å². The van der Waals surface area contributed by atoms with Gasteiger partial charge in [0.2, 0.25) is 0 Å². The molecule has 0 unspecified atom stereocenters. The summed E-state index contributed by atoms with van der Waals surface area (Å²) >= 11 is 0. The monoisotopic (exact) mass is 243 g/mol. The largest absolute Gasteiger partial charge is 0.468 e. The van der Waals surface area contributed by atoms with Gasteiger partial charge in [0.25, 0.3) is 0 Å². The molecule has 1 aliphatic rings. The molecule has 2 aromatic rings. The molecule has 0 amide bonds. The van der Waals surface area contributed by atoms with Crippen LogP contribution < -0.4 is 0 Å². The number of rotatable bonds is 3. The predicted molar refractivity (Wildman–Crippen MR) is 67.7 cm³/mol. The van der Waals surface area contributed by atoms with Crippen LogP contribution in [0.3, 0.4) is 0 Å². The fourth-order valence-electron chi connectivity index (χ4n) is 2.62. The molecule has 0 aromatic carbocycles. The molecule has 1 saturated heterocycles. The predicted octanol–water partition coefficient (Wildman–Crippen LogP) is 2.80. The fourth-order valence-corrected chi connectivity index (χ4v) is 2.62. The summed E-state index contributed by atoms with van der Waals surface area (Å²) in [7, 11) is 0. The lowest BCUT2D eigenvalue weighted by molar-refractivity contribution is 0.127. The van der Waals surface area contributed by atoms with Crippen LogP contribution in [0.2, 0.25) is 0 Å². The molecule has 94 valence electrons. The van der Waals surface area contributed by atoms with Gasteiger partial charge in [-0.25, -0.2) is 9.97 Å². The van der Waals surface area contributed by atoms with E-state index in [1.807, 2.05) is 24.4 Å². The Morgan fingerprint density at radius 3 is 3.11 bits per heavy atom. The summed E-state index contributed by atoms with van der Waals surface area (Å²) in [5.41, 5.74) is 1.12. The molecule has 4 heteroatoms. The van der Waals surface area contributed by atoms with Crippen LogP contribution in [-0.4, -0.2) is 21.4 Å².